The molecule has 0 atom stereocenters. The summed E-state index contributed by atoms with van der Waals surface area (Å²) in [5.41, 5.74) is 3.22. The van der Waals surface area contributed by atoms with Crippen molar-refractivity contribution in [3.8, 4) is 0 Å². The fraction of sp³-hybridized carbons (Fsp3) is 0.263. The Labute approximate surface area is 150 Å². The summed E-state index contributed by atoms with van der Waals surface area (Å²) in [6.45, 7) is 2.73. The Morgan fingerprint density at radius 2 is 1.96 bits per heavy atom. The van der Waals surface area contributed by atoms with Crippen LogP contribution in [0.4, 0.5) is 11.4 Å². The van der Waals surface area contributed by atoms with Crippen molar-refractivity contribution in [1.82, 2.24) is 0 Å². The molecule has 1 N–H and O–H groups in total. The largest absolute Gasteiger partial charge is 0.322 e. The first-order valence-corrected chi connectivity index (χ1v) is 8.82. The van der Waals surface area contributed by atoms with Crippen LogP contribution in [0, 0.1) is 6.92 Å². The quantitative estimate of drug-likeness (QED) is 0.842. The van der Waals surface area contributed by atoms with Crippen LogP contribution in [0.5, 0.6) is 0 Å². The maximum atomic E-state index is 12.4. The molecule has 1 aliphatic heterocycles. The van der Waals surface area contributed by atoms with Crippen LogP contribution < -0.4 is 10.2 Å². The topological polar surface area (TPSA) is 49.4 Å². The average molecular weight is 387 g/mol. The number of carbonyl (C=O) groups is 2. The Morgan fingerprint density at radius 3 is 2.67 bits per heavy atom. The van der Waals surface area contributed by atoms with E-state index in [1.807, 2.05) is 48.2 Å². The lowest BCUT2D eigenvalue weighted by molar-refractivity contribution is -0.119. The van der Waals surface area contributed by atoms with Crippen LogP contribution in [-0.2, 0) is 4.79 Å². The smallest absolute Gasteiger partial charge is 0.256 e. The van der Waals surface area contributed by atoms with Crippen molar-refractivity contribution in [3.63, 3.8) is 0 Å². The lowest BCUT2D eigenvalue weighted by atomic mass is 10.1. The number of aryl methyl sites for hydroxylation is 1. The minimum atomic E-state index is -0.163. The molecule has 0 aromatic heterocycles. The first-order chi connectivity index (χ1) is 11.6. The number of benzene rings is 2. The van der Waals surface area contributed by atoms with Gasteiger partial charge in [-0.3, -0.25) is 9.59 Å². The molecule has 0 radical (unpaired) electrons. The predicted octanol–water partition coefficient (Wildman–Crippen LogP) is 4.53. The number of rotatable bonds is 3. The van der Waals surface area contributed by atoms with E-state index in [1.54, 1.807) is 6.07 Å². The molecule has 1 fully saturated rings. The standard InChI is InChI=1S/C19H19BrN2O2/c1-13-12-14(21-19(24)15-6-2-3-7-16(15)20)9-10-17(13)22-11-5-4-8-18(22)23/h2-3,6-7,9-10,12H,4-5,8,11H2,1H3,(H,21,24). The molecular weight excluding hydrogens is 368 g/mol. The van der Waals surface area contributed by atoms with E-state index >= 15 is 0 Å². The molecule has 0 bridgehead atoms. The van der Waals surface area contributed by atoms with Gasteiger partial charge in [0.2, 0.25) is 5.91 Å². The molecule has 2 amide bonds. The van der Waals surface area contributed by atoms with E-state index in [9.17, 15) is 9.59 Å². The number of nitrogens with one attached hydrogen (secondary N) is 1. The number of amides is 2. The monoisotopic (exact) mass is 386 g/mol. The van der Waals surface area contributed by atoms with E-state index in [0.29, 0.717) is 12.0 Å². The fourth-order valence-electron chi connectivity index (χ4n) is 2.94. The van der Waals surface area contributed by atoms with Crippen LogP contribution in [0.15, 0.2) is 46.9 Å². The Bertz CT molecular complexity index is 789. The van der Waals surface area contributed by atoms with Gasteiger partial charge in [-0.2, -0.15) is 0 Å². The molecule has 3 rings (SSSR count). The van der Waals surface area contributed by atoms with Gasteiger partial charge in [0.1, 0.15) is 0 Å². The van der Waals surface area contributed by atoms with Gasteiger partial charge in [-0.25, -0.2) is 0 Å². The first kappa shape index (κ1) is 16.7. The number of carbonyl (C=O) groups excluding carboxylic acids is 2. The molecule has 0 spiro atoms. The summed E-state index contributed by atoms with van der Waals surface area (Å²) in [6, 6.07) is 13.0. The molecular formula is C19H19BrN2O2. The molecule has 0 aliphatic carbocycles. The summed E-state index contributed by atoms with van der Waals surface area (Å²) >= 11 is 3.39. The number of halogens is 1. The number of hydrogen-bond acceptors (Lipinski definition) is 2. The van der Waals surface area contributed by atoms with Crippen LogP contribution in [0.25, 0.3) is 0 Å². The third-order valence-corrected chi connectivity index (χ3v) is 4.88. The number of piperidine rings is 1. The van der Waals surface area contributed by atoms with Gasteiger partial charge < -0.3 is 10.2 Å². The van der Waals surface area contributed by atoms with Gasteiger partial charge in [0.15, 0.2) is 0 Å². The molecule has 1 heterocycles. The Morgan fingerprint density at radius 1 is 1.17 bits per heavy atom. The molecule has 1 saturated heterocycles. The average Bonchev–Trinajstić information content (AvgIpc) is 2.56. The van der Waals surface area contributed by atoms with Gasteiger partial charge in [-0.15, -0.1) is 0 Å². The highest BCUT2D eigenvalue weighted by Crippen LogP contribution is 2.27. The van der Waals surface area contributed by atoms with Crippen molar-refractivity contribution < 1.29 is 9.59 Å². The lowest BCUT2D eigenvalue weighted by Crippen LogP contribution is -2.35. The van der Waals surface area contributed by atoms with Crippen molar-refractivity contribution in [2.75, 3.05) is 16.8 Å². The highest BCUT2D eigenvalue weighted by molar-refractivity contribution is 9.10. The Kier molecular flexibility index (Phi) is 5.00. The minimum absolute atomic E-state index is 0.163. The molecule has 5 heteroatoms. The number of nitrogens with zero attached hydrogens (tertiary/aromatic N) is 1. The summed E-state index contributed by atoms with van der Waals surface area (Å²) in [5.74, 6) is 0.0121. The van der Waals surface area contributed by atoms with Crippen molar-refractivity contribution in [3.05, 3.63) is 58.1 Å². The van der Waals surface area contributed by atoms with Gasteiger partial charge >= 0.3 is 0 Å². The summed E-state index contributed by atoms with van der Waals surface area (Å²) in [4.78, 5) is 26.3. The van der Waals surface area contributed by atoms with Crippen LogP contribution in [0.1, 0.15) is 35.2 Å². The lowest BCUT2D eigenvalue weighted by Gasteiger charge is -2.28. The van der Waals surface area contributed by atoms with Crippen LogP contribution in [-0.4, -0.2) is 18.4 Å². The number of hydrogen-bond donors (Lipinski definition) is 1. The summed E-state index contributed by atoms with van der Waals surface area (Å²) < 4.78 is 0.759. The van der Waals surface area contributed by atoms with E-state index in [1.165, 1.54) is 0 Å². The van der Waals surface area contributed by atoms with E-state index in [4.69, 9.17) is 0 Å². The molecule has 0 unspecified atom stereocenters. The van der Waals surface area contributed by atoms with Crippen LogP contribution in [0.2, 0.25) is 0 Å². The molecule has 2 aromatic rings. The molecule has 124 valence electrons. The number of anilines is 2. The predicted molar refractivity (Wildman–Crippen MR) is 99.5 cm³/mol. The van der Waals surface area contributed by atoms with Gasteiger partial charge in [0, 0.05) is 28.8 Å². The zero-order valence-electron chi connectivity index (χ0n) is 13.5. The van der Waals surface area contributed by atoms with E-state index in [2.05, 4.69) is 21.2 Å². The highest BCUT2D eigenvalue weighted by atomic mass is 79.9. The first-order valence-electron chi connectivity index (χ1n) is 8.03. The van der Waals surface area contributed by atoms with Crippen molar-refractivity contribution in [1.29, 1.82) is 0 Å². The highest BCUT2D eigenvalue weighted by Gasteiger charge is 2.21. The van der Waals surface area contributed by atoms with Crippen molar-refractivity contribution in [2.24, 2.45) is 0 Å². The van der Waals surface area contributed by atoms with E-state index in [-0.39, 0.29) is 11.8 Å². The minimum Gasteiger partial charge on any atom is -0.322 e. The third kappa shape index (κ3) is 3.51. The Hall–Kier alpha value is -2.14. The maximum absolute atomic E-state index is 12.4. The van der Waals surface area contributed by atoms with E-state index < -0.39 is 0 Å². The molecule has 4 nitrogen and oxygen atoms in total. The van der Waals surface area contributed by atoms with Crippen LogP contribution >= 0.6 is 15.9 Å². The summed E-state index contributed by atoms with van der Waals surface area (Å²) in [5, 5.41) is 2.91. The second-order valence-corrected chi connectivity index (χ2v) is 6.79. The fourth-order valence-corrected chi connectivity index (χ4v) is 3.41. The summed E-state index contributed by atoms with van der Waals surface area (Å²) in [7, 11) is 0. The molecule has 24 heavy (non-hydrogen) atoms. The van der Waals surface area contributed by atoms with Crippen molar-refractivity contribution in [2.45, 2.75) is 26.2 Å². The van der Waals surface area contributed by atoms with Gasteiger partial charge in [-0.1, -0.05) is 12.1 Å². The van der Waals surface area contributed by atoms with Crippen molar-refractivity contribution >= 4 is 39.1 Å². The molecule has 1 aliphatic rings. The zero-order chi connectivity index (χ0) is 17.1. The third-order valence-electron chi connectivity index (χ3n) is 4.19. The van der Waals surface area contributed by atoms with Gasteiger partial charge in [0.05, 0.1) is 5.56 Å². The second-order valence-electron chi connectivity index (χ2n) is 5.94. The van der Waals surface area contributed by atoms with E-state index in [0.717, 1.165) is 40.8 Å². The van der Waals surface area contributed by atoms with Gasteiger partial charge in [-0.05, 0) is 71.6 Å². The van der Waals surface area contributed by atoms with Gasteiger partial charge in [0.25, 0.3) is 5.91 Å². The summed E-state index contributed by atoms with van der Waals surface area (Å²) in [6.07, 6.45) is 2.61. The molecule has 2 aromatic carbocycles. The second kappa shape index (κ2) is 7.18. The maximum Gasteiger partial charge on any atom is 0.256 e. The SMILES string of the molecule is Cc1cc(NC(=O)c2ccccc2Br)ccc1N1CCCCC1=O. The zero-order valence-corrected chi connectivity index (χ0v) is 15.1. The Balaban J connectivity index is 1.79. The molecule has 0 saturated carbocycles. The normalized spacial score (nSPS) is 14.6. The van der Waals surface area contributed by atoms with Crippen LogP contribution in [0.3, 0.4) is 0 Å².